The third-order valence-corrected chi connectivity index (χ3v) is 4.37. The SMILES string of the molecule is Cc1cc([C@H](C)NC(=O)NC[C@H]2CC[C@H](O)C2)cc(C)c1F. The summed E-state index contributed by atoms with van der Waals surface area (Å²) in [7, 11) is 0. The molecule has 5 heteroatoms. The van der Waals surface area contributed by atoms with Gasteiger partial charge in [-0.1, -0.05) is 12.1 Å². The minimum atomic E-state index is -0.228. The van der Waals surface area contributed by atoms with Crippen molar-refractivity contribution in [1.82, 2.24) is 10.6 Å². The Bertz CT molecular complexity index is 524. The predicted molar refractivity (Wildman–Crippen MR) is 84.2 cm³/mol. The van der Waals surface area contributed by atoms with Gasteiger partial charge in [-0.2, -0.15) is 0 Å². The molecule has 0 radical (unpaired) electrons. The Hall–Kier alpha value is -1.62. The van der Waals surface area contributed by atoms with Crippen LogP contribution in [0.3, 0.4) is 0 Å². The van der Waals surface area contributed by atoms with Crippen LogP contribution in [0.1, 0.15) is 48.9 Å². The normalized spacial score (nSPS) is 22.4. The Labute approximate surface area is 131 Å². The number of nitrogens with one attached hydrogen (secondary N) is 2. The Kier molecular flexibility index (Phi) is 5.40. The fourth-order valence-corrected chi connectivity index (χ4v) is 3.03. The molecule has 4 nitrogen and oxygen atoms in total. The number of urea groups is 1. The Morgan fingerprint density at radius 2 is 2.00 bits per heavy atom. The Balaban J connectivity index is 1.86. The summed E-state index contributed by atoms with van der Waals surface area (Å²) in [4.78, 5) is 11.9. The van der Waals surface area contributed by atoms with Gasteiger partial charge in [0.1, 0.15) is 5.82 Å². The number of aliphatic hydroxyl groups is 1. The number of rotatable bonds is 4. The molecule has 0 saturated heterocycles. The Morgan fingerprint density at radius 1 is 1.36 bits per heavy atom. The van der Waals surface area contributed by atoms with E-state index in [1.165, 1.54) is 0 Å². The first-order valence-electron chi connectivity index (χ1n) is 7.86. The summed E-state index contributed by atoms with van der Waals surface area (Å²) in [5.41, 5.74) is 2.07. The fraction of sp³-hybridized carbons (Fsp3) is 0.588. The molecule has 1 saturated carbocycles. The van der Waals surface area contributed by atoms with Crippen LogP contribution in [0.2, 0.25) is 0 Å². The number of aliphatic hydroxyl groups excluding tert-OH is 1. The van der Waals surface area contributed by atoms with Crippen molar-refractivity contribution in [3.8, 4) is 0 Å². The minimum absolute atomic E-state index is 0.188. The molecule has 3 N–H and O–H groups in total. The summed E-state index contributed by atoms with van der Waals surface area (Å²) in [6.45, 7) is 5.91. The van der Waals surface area contributed by atoms with Crippen LogP contribution < -0.4 is 10.6 Å². The second-order valence-corrected chi connectivity index (χ2v) is 6.38. The molecule has 122 valence electrons. The number of carbonyl (C=O) groups is 1. The molecule has 1 aliphatic carbocycles. The molecule has 1 aliphatic rings. The van der Waals surface area contributed by atoms with Crippen LogP contribution in [-0.2, 0) is 0 Å². The molecular formula is C17H25FN2O2. The molecule has 3 atom stereocenters. The highest BCUT2D eigenvalue weighted by atomic mass is 19.1. The summed E-state index contributed by atoms with van der Waals surface area (Å²) in [6, 6.07) is 3.11. The van der Waals surface area contributed by atoms with Gasteiger partial charge in [0.2, 0.25) is 0 Å². The van der Waals surface area contributed by atoms with Crippen molar-refractivity contribution >= 4 is 6.03 Å². The molecule has 1 aromatic rings. The predicted octanol–water partition coefficient (Wildman–Crippen LogP) is 2.96. The number of halogens is 1. The van der Waals surface area contributed by atoms with Crippen LogP contribution in [0.15, 0.2) is 12.1 Å². The number of aryl methyl sites for hydroxylation is 2. The van der Waals surface area contributed by atoms with Crippen molar-refractivity contribution in [1.29, 1.82) is 0 Å². The summed E-state index contributed by atoms with van der Waals surface area (Å²) in [5, 5.41) is 15.2. The molecule has 2 rings (SSSR count). The second kappa shape index (κ2) is 7.09. The van der Waals surface area contributed by atoms with E-state index in [0.29, 0.717) is 23.6 Å². The standard InChI is InChI=1S/C17H25FN2O2/c1-10-6-14(7-11(2)16(10)18)12(3)20-17(22)19-9-13-4-5-15(21)8-13/h6-7,12-13,15,21H,4-5,8-9H2,1-3H3,(H2,19,20,22)/t12-,13-,15-/m0/s1. The lowest BCUT2D eigenvalue weighted by molar-refractivity contribution is 0.177. The largest absolute Gasteiger partial charge is 0.393 e. The van der Waals surface area contributed by atoms with Crippen LogP contribution in [0.25, 0.3) is 0 Å². The van der Waals surface area contributed by atoms with Crippen molar-refractivity contribution < 1.29 is 14.3 Å². The van der Waals surface area contributed by atoms with Gasteiger partial charge in [0.25, 0.3) is 0 Å². The smallest absolute Gasteiger partial charge is 0.315 e. The van der Waals surface area contributed by atoms with Crippen molar-refractivity contribution in [2.45, 2.75) is 52.2 Å². The van der Waals surface area contributed by atoms with Gasteiger partial charge < -0.3 is 15.7 Å². The van der Waals surface area contributed by atoms with Crippen LogP contribution in [0.4, 0.5) is 9.18 Å². The van der Waals surface area contributed by atoms with E-state index in [0.717, 1.165) is 24.8 Å². The molecule has 0 spiro atoms. The number of carbonyl (C=O) groups excluding carboxylic acids is 1. The molecule has 1 aromatic carbocycles. The maximum absolute atomic E-state index is 13.6. The lowest BCUT2D eigenvalue weighted by Gasteiger charge is -2.18. The van der Waals surface area contributed by atoms with E-state index in [4.69, 9.17) is 0 Å². The number of amides is 2. The molecule has 0 heterocycles. The summed E-state index contributed by atoms with van der Waals surface area (Å²) < 4.78 is 13.6. The lowest BCUT2D eigenvalue weighted by Crippen LogP contribution is -2.39. The van der Waals surface area contributed by atoms with Gasteiger partial charge in [-0.25, -0.2) is 9.18 Å². The van der Waals surface area contributed by atoms with Crippen molar-refractivity contribution in [3.05, 3.63) is 34.6 Å². The van der Waals surface area contributed by atoms with Crippen molar-refractivity contribution in [2.75, 3.05) is 6.54 Å². The van der Waals surface area contributed by atoms with E-state index in [9.17, 15) is 14.3 Å². The van der Waals surface area contributed by atoms with Crippen LogP contribution in [-0.4, -0.2) is 23.8 Å². The first-order chi connectivity index (χ1) is 10.4. The molecule has 0 bridgehead atoms. The average Bonchev–Trinajstić information content (AvgIpc) is 2.87. The molecule has 22 heavy (non-hydrogen) atoms. The quantitative estimate of drug-likeness (QED) is 0.801. The molecular weight excluding hydrogens is 283 g/mol. The van der Waals surface area contributed by atoms with E-state index in [2.05, 4.69) is 10.6 Å². The third-order valence-electron chi connectivity index (χ3n) is 4.37. The van der Waals surface area contributed by atoms with Gasteiger partial charge in [-0.15, -0.1) is 0 Å². The number of benzene rings is 1. The molecule has 2 amide bonds. The zero-order chi connectivity index (χ0) is 16.3. The monoisotopic (exact) mass is 308 g/mol. The first-order valence-corrected chi connectivity index (χ1v) is 7.86. The van der Waals surface area contributed by atoms with Crippen LogP contribution in [0.5, 0.6) is 0 Å². The topological polar surface area (TPSA) is 61.4 Å². The molecule has 0 aliphatic heterocycles. The van der Waals surface area contributed by atoms with Gasteiger partial charge in [-0.05, 0) is 62.6 Å². The van der Waals surface area contributed by atoms with Gasteiger partial charge in [0, 0.05) is 6.54 Å². The highest BCUT2D eigenvalue weighted by Gasteiger charge is 2.23. The Morgan fingerprint density at radius 3 is 2.55 bits per heavy atom. The summed E-state index contributed by atoms with van der Waals surface area (Å²) in [5.74, 6) is 0.159. The van der Waals surface area contributed by atoms with Crippen LogP contribution in [0, 0.1) is 25.6 Å². The number of hydrogen-bond acceptors (Lipinski definition) is 2. The molecule has 0 aromatic heterocycles. The van der Waals surface area contributed by atoms with E-state index < -0.39 is 0 Å². The van der Waals surface area contributed by atoms with Crippen molar-refractivity contribution in [2.24, 2.45) is 5.92 Å². The zero-order valence-electron chi connectivity index (χ0n) is 13.4. The highest BCUT2D eigenvalue weighted by Crippen LogP contribution is 2.24. The zero-order valence-corrected chi connectivity index (χ0v) is 13.4. The second-order valence-electron chi connectivity index (χ2n) is 6.38. The van der Waals surface area contributed by atoms with E-state index in [1.807, 2.05) is 6.92 Å². The molecule has 1 fully saturated rings. The van der Waals surface area contributed by atoms with E-state index >= 15 is 0 Å². The lowest BCUT2D eigenvalue weighted by atomic mass is 10.0. The van der Waals surface area contributed by atoms with E-state index in [1.54, 1.807) is 26.0 Å². The first kappa shape index (κ1) is 16.7. The maximum atomic E-state index is 13.6. The van der Waals surface area contributed by atoms with E-state index in [-0.39, 0.29) is 24.0 Å². The fourth-order valence-electron chi connectivity index (χ4n) is 3.03. The average molecular weight is 308 g/mol. The van der Waals surface area contributed by atoms with Gasteiger partial charge in [-0.3, -0.25) is 0 Å². The van der Waals surface area contributed by atoms with Crippen molar-refractivity contribution in [3.63, 3.8) is 0 Å². The van der Waals surface area contributed by atoms with Gasteiger partial charge in [0.15, 0.2) is 0 Å². The highest BCUT2D eigenvalue weighted by molar-refractivity contribution is 5.74. The maximum Gasteiger partial charge on any atom is 0.315 e. The third kappa shape index (κ3) is 4.19. The summed E-state index contributed by atoms with van der Waals surface area (Å²) in [6.07, 6.45) is 2.30. The van der Waals surface area contributed by atoms with Gasteiger partial charge >= 0.3 is 6.03 Å². The molecule has 0 unspecified atom stereocenters. The number of hydrogen-bond donors (Lipinski definition) is 3. The van der Waals surface area contributed by atoms with Crippen LogP contribution >= 0.6 is 0 Å². The summed E-state index contributed by atoms with van der Waals surface area (Å²) >= 11 is 0. The van der Waals surface area contributed by atoms with Gasteiger partial charge in [0.05, 0.1) is 12.1 Å². The minimum Gasteiger partial charge on any atom is -0.393 e.